The predicted octanol–water partition coefficient (Wildman–Crippen LogP) is 0.379. The van der Waals surface area contributed by atoms with Crippen LogP contribution in [0.3, 0.4) is 0 Å². The van der Waals surface area contributed by atoms with E-state index in [0.29, 0.717) is 13.1 Å². The Morgan fingerprint density at radius 1 is 1.31 bits per heavy atom. The van der Waals surface area contributed by atoms with Gasteiger partial charge < -0.3 is 10.8 Å². The van der Waals surface area contributed by atoms with Crippen molar-refractivity contribution < 1.29 is 14.7 Å². The summed E-state index contributed by atoms with van der Waals surface area (Å²) in [5.74, 6) is -1.46. The van der Waals surface area contributed by atoms with Gasteiger partial charge in [0.05, 0.1) is 0 Å². The molecule has 0 radical (unpaired) electrons. The molecule has 0 aromatic rings. The van der Waals surface area contributed by atoms with Crippen molar-refractivity contribution in [3.63, 3.8) is 0 Å². The summed E-state index contributed by atoms with van der Waals surface area (Å²) in [5.41, 5.74) is 5.00. The van der Waals surface area contributed by atoms with Crippen LogP contribution in [0.1, 0.15) is 12.8 Å². The number of nitrogens with zero attached hydrogens (tertiary/aromatic N) is 1. The third-order valence-corrected chi connectivity index (χ3v) is 2.12. The molecule has 0 saturated carbocycles. The van der Waals surface area contributed by atoms with Crippen LogP contribution in [0.5, 0.6) is 0 Å². The van der Waals surface area contributed by atoms with Crippen LogP contribution in [0.15, 0.2) is 25.3 Å². The van der Waals surface area contributed by atoms with Crippen LogP contribution >= 0.6 is 0 Å². The highest BCUT2D eigenvalue weighted by Crippen LogP contribution is 2.08. The van der Waals surface area contributed by atoms with E-state index in [0.717, 1.165) is 0 Å². The zero-order chi connectivity index (χ0) is 12.6. The van der Waals surface area contributed by atoms with Gasteiger partial charge in [-0.15, -0.1) is 13.2 Å². The molecule has 0 rings (SSSR count). The second-order valence-electron chi connectivity index (χ2n) is 3.39. The highest BCUT2D eigenvalue weighted by atomic mass is 16.4. The Morgan fingerprint density at radius 3 is 2.12 bits per heavy atom. The van der Waals surface area contributed by atoms with Crippen molar-refractivity contribution in [2.45, 2.75) is 18.9 Å². The monoisotopic (exact) mass is 226 g/mol. The lowest BCUT2D eigenvalue weighted by molar-refractivity contribution is -0.143. The zero-order valence-electron chi connectivity index (χ0n) is 9.26. The number of nitrogens with two attached hydrogens (primary N) is 1. The maximum Gasteiger partial charge on any atom is 0.320 e. The van der Waals surface area contributed by atoms with Gasteiger partial charge in [-0.3, -0.25) is 14.5 Å². The van der Waals surface area contributed by atoms with E-state index in [1.807, 2.05) is 0 Å². The molecule has 0 unspecified atom stereocenters. The first-order chi connectivity index (χ1) is 7.52. The predicted molar refractivity (Wildman–Crippen MR) is 61.8 cm³/mol. The molecule has 5 heteroatoms. The Labute approximate surface area is 95.2 Å². The second kappa shape index (κ2) is 7.64. The largest absolute Gasteiger partial charge is 0.480 e. The minimum Gasteiger partial charge on any atom is -0.480 e. The summed E-state index contributed by atoms with van der Waals surface area (Å²) in [6, 6.07) is -0.733. The Hall–Kier alpha value is -1.62. The lowest BCUT2D eigenvalue weighted by Gasteiger charge is -2.26. The number of rotatable bonds is 9. The zero-order valence-corrected chi connectivity index (χ0v) is 9.26. The van der Waals surface area contributed by atoms with Crippen LogP contribution in [-0.4, -0.2) is 41.0 Å². The summed E-state index contributed by atoms with van der Waals surface area (Å²) >= 11 is 0. The quantitative estimate of drug-likeness (QED) is 0.557. The van der Waals surface area contributed by atoms with Gasteiger partial charge in [-0.25, -0.2) is 0 Å². The number of amides is 1. The van der Waals surface area contributed by atoms with E-state index in [1.54, 1.807) is 17.1 Å². The van der Waals surface area contributed by atoms with Crippen molar-refractivity contribution in [2.75, 3.05) is 13.1 Å². The number of carbonyl (C=O) groups is 2. The van der Waals surface area contributed by atoms with Gasteiger partial charge in [-0.2, -0.15) is 0 Å². The van der Waals surface area contributed by atoms with E-state index >= 15 is 0 Å². The Morgan fingerprint density at radius 2 is 1.81 bits per heavy atom. The van der Waals surface area contributed by atoms with Gasteiger partial charge in [0.2, 0.25) is 5.91 Å². The third kappa shape index (κ3) is 5.31. The maximum absolute atomic E-state index is 11.0. The molecule has 5 nitrogen and oxygen atoms in total. The molecule has 0 aromatic heterocycles. The van der Waals surface area contributed by atoms with Gasteiger partial charge in [0.15, 0.2) is 0 Å². The minimum atomic E-state index is -0.968. The number of carboxylic acids is 1. The molecular formula is C11H18N2O3. The highest BCUT2D eigenvalue weighted by Gasteiger charge is 2.24. The topological polar surface area (TPSA) is 83.6 Å². The van der Waals surface area contributed by atoms with Gasteiger partial charge in [0, 0.05) is 19.5 Å². The summed E-state index contributed by atoms with van der Waals surface area (Å²) in [6.07, 6.45) is 3.49. The molecule has 1 amide bonds. The van der Waals surface area contributed by atoms with Crippen molar-refractivity contribution in [2.24, 2.45) is 5.73 Å². The van der Waals surface area contributed by atoms with E-state index in [9.17, 15) is 9.59 Å². The van der Waals surface area contributed by atoms with Gasteiger partial charge >= 0.3 is 5.97 Å². The summed E-state index contributed by atoms with van der Waals surface area (Å²) in [6.45, 7) is 7.98. The standard InChI is InChI=1S/C11H18N2O3/c1-3-7-13(8-4-2)9(11(15)16)5-6-10(12)14/h3-4,9H,1-2,5-8H2,(H2,12,14)(H,15,16)/t9-/m0/s1. The molecule has 90 valence electrons. The molecule has 0 fully saturated rings. The van der Waals surface area contributed by atoms with E-state index in [2.05, 4.69) is 13.2 Å². The second-order valence-corrected chi connectivity index (χ2v) is 3.39. The highest BCUT2D eigenvalue weighted by molar-refractivity contribution is 5.77. The molecule has 0 saturated heterocycles. The molecule has 16 heavy (non-hydrogen) atoms. The van der Waals surface area contributed by atoms with E-state index in [-0.39, 0.29) is 12.8 Å². The molecule has 0 spiro atoms. The average molecular weight is 226 g/mol. The molecule has 0 bridgehead atoms. The fourth-order valence-corrected chi connectivity index (χ4v) is 1.40. The van der Waals surface area contributed by atoms with Crippen molar-refractivity contribution in [1.29, 1.82) is 0 Å². The molecular weight excluding hydrogens is 208 g/mol. The number of hydrogen-bond acceptors (Lipinski definition) is 3. The smallest absolute Gasteiger partial charge is 0.320 e. The van der Waals surface area contributed by atoms with Crippen molar-refractivity contribution in [3.8, 4) is 0 Å². The minimum absolute atomic E-state index is 0.0573. The maximum atomic E-state index is 11.0. The molecule has 0 aromatic carbocycles. The summed E-state index contributed by atoms with van der Waals surface area (Å²) in [5, 5.41) is 9.05. The van der Waals surface area contributed by atoms with Crippen LogP contribution in [-0.2, 0) is 9.59 Å². The van der Waals surface area contributed by atoms with Gasteiger partial charge in [-0.1, -0.05) is 12.2 Å². The van der Waals surface area contributed by atoms with Crippen molar-refractivity contribution >= 4 is 11.9 Å². The molecule has 0 aliphatic rings. The fourth-order valence-electron chi connectivity index (χ4n) is 1.40. The van der Waals surface area contributed by atoms with Gasteiger partial charge in [0.1, 0.15) is 6.04 Å². The summed E-state index contributed by atoms with van der Waals surface area (Å²) in [4.78, 5) is 23.3. The summed E-state index contributed by atoms with van der Waals surface area (Å²) < 4.78 is 0. The van der Waals surface area contributed by atoms with E-state index in [1.165, 1.54) is 0 Å². The Kier molecular flexibility index (Phi) is 6.87. The van der Waals surface area contributed by atoms with Crippen LogP contribution in [0.25, 0.3) is 0 Å². The first kappa shape index (κ1) is 14.4. The normalized spacial score (nSPS) is 12.1. The molecule has 3 N–H and O–H groups in total. The third-order valence-electron chi connectivity index (χ3n) is 2.12. The van der Waals surface area contributed by atoms with Crippen molar-refractivity contribution in [1.82, 2.24) is 4.90 Å². The first-order valence-electron chi connectivity index (χ1n) is 4.99. The van der Waals surface area contributed by atoms with Crippen LogP contribution in [0, 0.1) is 0 Å². The lowest BCUT2D eigenvalue weighted by Crippen LogP contribution is -2.42. The Balaban J connectivity index is 4.55. The number of aliphatic carboxylic acids is 1. The molecule has 0 aliphatic heterocycles. The van der Waals surface area contributed by atoms with Crippen LogP contribution in [0.2, 0.25) is 0 Å². The number of primary amides is 1. The Bertz CT molecular complexity index is 266. The van der Waals surface area contributed by atoms with Gasteiger partial charge in [-0.05, 0) is 6.42 Å². The van der Waals surface area contributed by atoms with Gasteiger partial charge in [0.25, 0.3) is 0 Å². The average Bonchev–Trinajstić information content (AvgIpc) is 2.17. The molecule has 1 atom stereocenters. The number of hydrogen-bond donors (Lipinski definition) is 2. The number of carboxylic acid groups (broad SMARTS) is 1. The lowest BCUT2D eigenvalue weighted by atomic mass is 10.1. The van der Waals surface area contributed by atoms with Crippen molar-refractivity contribution in [3.05, 3.63) is 25.3 Å². The number of carbonyl (C=O) groups excluding carboxylic acids is 1. The molecule has 0 heterocycles. The molecule has 0 aliphatic carbocycles. The van der Waals surface area contributed by atoms with Crippen LogP contribution in [0.4, 0.5) is 0 Å². The summed E-state index contributed by atoms with van der Waals surface area (Å²) in [7, 11) is 0. The van der Waals surface area contributed by atoms with E-state index < -0.39 is 17.9 Å². The SMILES string of the molecule is C=CCN(CC=C)[C@@H](CCC(N)=O)C(=O)O. The fraction of sp³-hybridized carbons (Fsp3) is 0.455. The van der Waals surface area contributed by atoms with E-state index in [4.69, 9.17) is 10.8 Å². The van der Waals surface area contributed by atoms with Crippen LogP contribution < -0.4 is 5.73 Å². The first-order valence-corrected chi connectivity index (χ1v) is 4.99.